The number of rotatable bonds is 4. The summed E-state index contributed by atoms with van der Waals surface area (Å²) in [4.78, 5) is 3.90. The van der Waals surface area contributed by atoms with Gasteiger partial charge in [-0.1, -0.05) is 26.0 Å². The zero-order valence-electron chi connectivity index (χ0n) is 10.9. The van der Waals surface area contributed by atoms with E-state index in [1.807, 2.05) is 6.07 Å². The Morgan fingerprint density at radius 3 is 2.72 bits per heavy atom. The summed E-state index contributed by atoms with van der Waals surface area (Å²) < 4.78 is 10.7. The summed E-state index contributed by atoms with van der Waals surface area (Å²) >= 11 is 0. The highest BCUT2D eigenvalue weighted by Crippen LogP contribution is 2.26. The van der Waals surface area contributed by atoms with Gasteiger partial charge in [-0.25, -0.2) is 4.98 Å². The molecule has 4 nitrogen and oxygen atoms in total. The summed E-state index contributed by atoms with van der Waals surface area (Å²) in [5, 5.41) is 0. The van der Waals surface area contributed by atoms with Gasteiger partial charge in [0.1, 0.15) is 11.5 Å². The number of benzene rings is 1. The van der Waals surface area contributed by atoms with Crippen molar-refractivity contribution in [3.63, 3.8) is 0 Å². The molecule has 96 valence electrons. The largest absolute Gasteiger partial charge is 0.496 e. The lowest BCUT2D eigenvalue weighted by atomic mass is 9.98. The van der Waals surface area contributed by atoms with E-state index in [4.69, 9.17) is 14.9 Å². The van der Waals surface area contributed by atoms with Gasteiger partial charge in [-0.2, -0.15) is 0 Å². The van der Waals surface area contributed by atoms with Crippen LogP contribution in [-0.2, 0) is 6.42 Å². The molecule has 0 aliphatic rings. The molecule has 0 saturated carbocycles. The Morgan fingerprint density at radius 2 is 2.17 bits per heavy atom. The number of nitrogen functional groups attached to an aromatic ring is 1. The predicted octanol–water partition coefficient (Wildman–Crippen LogP) is 2.98. The van der Waals surface area contributed by atoms with Gasteiger partial charge < -0.3 is 14.9 Å². The van der Waals surface area contributed by atoms with Crippen LogP contribution >= 0.6 is 0 Å². The minimum atomic E-state index is 0.198. The number of ether oxygens (including phenoxy) is 1. The summed E-state index contributed by atoms with van der Waals surface area (Å²) in [6.07, 6.45) is 2.28. The summed E-state index contributed by atoms with van der Waals surface area (Å²) in [7, 11) is 1.67. The van der Waals surface area contributed by atoms with Crippen LogP contribution in [0, 0.1) is 0 Å². The quantitative estimate of drug-likeness (QED) is 0.900. The van der Waals surface area contributed by atoms with E-state index in [2.05, 4.69) is 31.0 Å². The minimum Gasteiger partial charge on any atom is -0.496 e. The molecule has 18 heavy (non-hydrogen) atoms. The van der Waals surface area contributed by atoms with Crippen molar-refractivity contribution < 1.29 is 9.15 Å². The maximum absolute atomic E-state index is 5.47. The third-order valence-corrected chi connectivity index (χ3v) is 2.91. The lowest BCUT2D eigenvalue weighted by Crippen LogP contribution is -1.96. The molecular weight excluding hydrogens is 228 g/mol. The second-order valence-corrected chi connectivity index (χ2v) is 4.57. The molecule has 0 aliphatic carbocycles. The molecule has 2 rings (SSSR count). The van der Waals surface area contributed by atoms with Gasteiger partial charge in [-0.3, -0.25) is 0 Å². The number of aromatic nitrogens is 1. The molecule has 0 spiro atoms. The fraction of sp³-hybridized carbons (Fsp3) is 0.357. The first-order valence-corrected chi connectivity index (χ1v) is 5.97. The number of nitrogens with zero attached hydrogens (tertiary/aromatic N) is 1. The van der Waals surface area contributed by atoms with E-state index in [0.717, 1.165) is 17.1 Å². The van der Waals surface area contributed by atoms with Crippen molar-refractivity contribution in [1.82, 2.24) is 4.98 Å². The third kappa shape index (κ3) is 2.64. The maximum atomic E-state index is 5.47. The van der Waals surface area contributed by atoms with Gasteiger partial charge in [0.15, 0.2) is 0 Å². The van der Waals surface area contributed by atoms with E-state index in [1.165, 1.54) is 5.56 Å². The summed E-state index contributed by atoms with van der Waals surface area (Å²) in [6.45, 7) is 4.33. The van der Waals surface area contributed by atoms with Gasteiger partial charge in [0.05, 0.1) is 13.3 Å². The molecule has 2 aromatic rings. The Hall–Kier alpha value is -1.97. The number of methoxy groups -OCH3 is 1. The number of anilines is 1. The topological polar surface area (TPSA) is 61.3 Å². The van der Waals surface area contributed by atoms with Crippen LogP contribution in [0.1, 0.15) is 36.7 Å². The van der Waals surface area contributed by atoms with Gasteiger partial charge in [-0.15, -0.1) is 0 Å². The molecule has 0 fully saturated rings. The van der Waals surface area contributed by atoms with Crippen molar-refractivity contribution in [2.45, 2.75) is 26.2 Å². The lowest BCUT2D eigenvalue weighted by Gasteiger charge is -2.11. The molecule has 0 bridgehead atoms. The highest BCUT2D eigenvalue weighted by atomic mass is 16.5. The SMILES string of the molecule is COc1ccc(C(C)C)cc1Cc1cnc(N)o1. The van der Waals surface area contributed by atoms with Crippen LogP contribution in [0.15, 0.2) is 28.8 Å². The van der Waals surface area contributed by atoms with Gasteiger partial charge in [0.2, 0.25) is 0 Å². The van der Waals surface area contributed by atoms with E-state index in [9.17, 15) is 0 Å². The smallest absolute Gasteiger partial charge is 0.292 e. The fourth-order valence-electron chi connectivity index (χ4n) is 1.89. The number of oxazole rings is 1. The predicted molar refractivity (Wildman–Crippen MR) is 70.8 cm³/mol. The van der Waals surface area contributed by atoms with E-state index >= 15 is 0 Å². The van der Waals surface area contributed by atoms with Gasteiger partial charge in [0.25, 0.3) is 6.01 Å². The van der Waals surface area contributed by atoms with Crippen molar-refractivity contribution in [3.8, 4) is 5.75 Å². The first kappa shape index (κ1) is 12.5. The Kier molecular flexibility index (Phi) is 3.55. The standard InChI is InChI=1S/C14H18N2O2/c1-9(2)10-4-5-13(17-3)11(6-10)7-12-8-16-14(15)18-12/h4-6,8-9H,7H2,1-3H3,(H2,15,16). The molecule has 2 N–H and O–H groups in total. The van der Waals surface area contributed by atoms with Crippen LogP contribution in [0.25, 0.3) is 0 Å². The number of hydrogen-bond donors (Lipinski definition) is 1. The molecule has 0 radical (unpaired) electrons. The van der Waals surface area contributed by atoms with Crippen LogP contribution < -0.4 is 10.5 Å². The second kappa shape index (κ2) is 5.12. The molecular formula is C14H18N2O2. The maximum Gasteiger partial charge on any atom is 0.292 e. The Morgan fingerprint density at radius 1 is 1.39 bits per heavy atom. The first-order valence-electron chi connectivity index (χ1n) is 5.97. The first-order chi connectivity index (χ1) is 8.60. The molecule has 0 amide bonds. The van der Waals surface area contributed by atoms with Gasteiger partial charge in [-0.05, 0) is 17.5 Å². The van der Waals surface area contributed by atoms with E-state index in [0.29, 0.717) is 12.3 Å². The average molecular weight is 246 g/mol. The zero-order chi connectivity index (χ0) is 13.1. The molecule has 1 heterocycles. The molecule has 0 atom stereocenters. The van der Waals surface area contributed by atoms with Crippen LogP contribution in [0.2, 0.25) is 0 Å². The Labute approximate surface area is 107 Å². The monoisotopic (exact) mass is 246 g/mol. The van der Waals surface area contributed by atoms with Crippen molar-refractivity contribution in [3.05, 3.63) is 41.3 Å². The summed E-state index contributed by atoms with van der Waals surface area (Å²) in [5.41, 5.74) is 7.83. The van der Waals surface area contributed by atoms with Crippen molar-refractivity contribution in [2.24, 2.45) is 0 Å². The van der Waals surface area contributed by atoms with E-state index in [1.54, 1.807) is 13.3 Å². The lowest BCUT2D eigenvalue weighted by molar-refractivity contribution is 0.408. The van der Waals surface area contributed by atoms with Crippen molar-refractivity contribution in [2.75, 3.05) is 12.8 Å². The van der Waals surface area contributed by atoms with Crippen LogP contribution in [0.3, 0.4) is 0 Å². The molecule has 1 aromatic heterocycles. The van der Waals surface area contributed by atoms with Crippen molar-refractivity contribution >= 4 is 6.01 Å². The number of hydrogen-bond acceptors (Lipinski definition) is 4. The normalized spacial score (nSPS) is 10.9. The minimum absolute atomic E-state index is 0.198. The molecule has 0 aliphatic heterocycles. The van der Waals surface area contributed by atoms with Crippen LogP contribution in [0.5, 0.6) is 5.75 Å². The van der Waals surface area contributed by atoms with Crippen molar-refractivity contribution in [1.29, 1.82) is 0 Å². The van der Waals surface area contributed by atoms with E-state index < -0.39 is 0 Å². The Bertz CT molecular complexity index is 532. The fourth-order valence-corrected chi connectivity index (χ4v) is 1.89. The molecule has 0 saturated heterocycles. The van der Waals surface area contributed by atoms with Crippen LogP contribution in [-0.4, -0.2) is 12.1 Å². The highest BCUT2D eigenvalue weighted by molar-refractivity contribution is 5.40. The Balaban J connectivity index is 2.32. The van der Waals surface area contributed by atoms with Crippen LogP contribution in [0.4, 0.5) is 6.01 Å². The summed E-state index contributed by atoms with van der Waals surface area (Å²) in [6, 6.07) is 6.41. The highest BCUT2D eigenvalue weighted by Gasteiger charge is 2.10. The average Bonchev–Trinajstić information content (AvgIpc) is 2.74. The number of nitrogens with two attached hydrogens (primary N) is 1. The summed E-state index contributed by atoms with van der Waals surface area (Å²) in [5.74, 6) is 2.08. The molecule has 4 heteroatoms. The molecule has 1 aromatic carbocycles. The van der Waals surface area contributed by atoms with Gasteiger partial charge >= 0.3 is 0 Å². The zero-order valence-corrected chi connectivity index (χ0v) is 10.9. The third-order valence-electron chi connectivity index (χ3n) is 2.91. The van der Waals surface area contributed by atoms with E-state index in [-0.39, 0.29) is 6.01 Å². The second-order valence-electron chi connectivity index (χ2n) is 4.57. The van der Waals surface area contributed by atoms with Gasteiger partial charge in [0, 0.05) is 12.0 Å². The molecule has 0 unspecified atom stereocenters.